The minimum absolute atomic E-state index is 0.0715. The molecule has 0 spiro atoms. The summed E-state index contributed by atoms with van der Waals surface area (Å²) in [6.45, 7) is 9.60. The number of anilines is 1. The fourth-order valence-electron chi connectivity index (χ4n) is 1.26. The van der Waals surface area contributed by atoms with Gasteiger partial charge in [-0.05, 0) is 29.0 Å². The molecule has 0 aliphatic carbocycles. The first-order valence-electron chi connectivity index (χ1n) is 5.21. The van der Waals surface area contributed by atoms with Gasteiger partial charge in [0.15, 0.2) is 0 Å². The second kappa shape index (κ2) is 5.09. The van der Waals surface area contributed by atoms with Crippen LogP contribution in [-0.2, 0) is 5.41 Å². The molecule has 4 heteroatoms. The predicted octanol–water partition coefficient (Wildman–Crippen LogP) is 3.20. The van der Waals surface area contributed by atoms with Crippen molar-refractivity contribution in [3.63, 3.8) is 0 Å². The zero-order valence-corrected chi connectivity index (χ0v) is 11.9. The molecule has 0 bridgehead atoms. The summed E-state index contributed by atoms with van der Waals surface area (Å²) in [5, 5.41) is 3.32. The average molecular weight is 319 g/mol. The van der Waals surface area contributed by atoms with Crippen molar-refractivity contribution in [1.29, 1.82) is 0 Å². The van der Waals surface area contributed by atoms with Gasteiger partial charge in [0, 0.05) is 12.0 Å². The molecule has 0 saturated heterocycles. The maximum Gasteiger partial charge on any atom is 0.143 e. The van der Waals surface area contributed by atoms with Gasteiger partial charge in [0.25, 0.3) is 0 Å². The summed E-state index contributed by atoms with van der Waals surface area (Å²) in [5.41, 5.74) is 1.18. The molecule has 3 nitrogen and oxygen atoms in total. The molecule has 1 aromatic heterocycles. The van der Waals surface area contributed by atoms with Gasteiger partial charge in [0.2, 0.25) is 0 Å². The van der Waals surface area contributed by atoms with Crippen molar-refractivity contribution < 1.29 is 0 Å². The van der Waals surface area contributed by atoms with Gasteiger partial charge >= 0.3 is 0 Å². The van der Waals surface area contributed by atoms with Crippen LogP contribution < -0.4 is 5.32 Å². The van der Waals surface area contributed by atoms with Gasteiger partial charge in [-0.3, -0.25) is 0 Å². The van der Waals surface area contributed by atoms with E-state index in [9.17, 15) is 0 Å². The Bertz CT molecular complexity index is 331. The summed E-state index contributed by atoms with van der Waals surface area (Å²) >= 11 is 2.32. The standard InChI is InChI=1S/C11H18IN3/c1-5-6-13-10-8(12)9(11(2,3)4)14-7-15-10/h7H,5-6H2,1-4H3,(H,13,14,15). The van der Waals surface area contributed by atoms with Crippen LogP contribution in [0.15, 0.2) is 6.33 Å². The van der Waals surface area contributed by atoms with Gasteiger partial charge in [-0.25, -0.2) is 9.97 Å². The summed E-state index contributed by atoms with van der Waals surface area (Å²) < 4.78 is 1.14. The van der Waals surface area contributed by atoms with E-state index in [1.807, 2.05) is 0 Å². The van der Waals surface area contributed by atoms with E-state index in [1.54, 1.807) is 6.33 Å². The van der Waals surface area contributed by atoms with E-state index in [0.29, 0.717) is 0 Å². The predicted molar refractivity (Wildman–Crippen MR) is 72.2 cm³/mol. The maximum atomic E-state index is 4.36. The third-order valence-electron chi connectivity index (χ3n) is 2.04. The number of rotatable bonds is 3. The molecule has 0 amide bonds. The number of aromatic nitrogens is 2. The lowest BCUT2D eigenvalue weighted by Crippen LogP contribution is -2.18. The monoisotopic (exact) mass is 319 g/mol. The molecule has 15 heavy (non-hydrogen) atoms. The Labute approximate surface area is 105 Å². The van der Waals surface area contributed by atoms with Crippen molar-refractivity contribution in [2.24, 2.45) is 0 Å². The normalized spacial score (nSPS) is 11.5. The third kappa shape index (κ3) is 3.29. The first kappa shape index (κ1) is 12.7. The Morgan fingerprint density at radius 1 is 1.33 bits per heavy atom. The molecule has 0 aromatic carbocycles. The van der Waals surface area contributed by atoms with E-state index in [1.165, 1.54) is 0 Å². The molecule has 0 aliphatic heterocycles. The molecule has 1 rings (SSSR count). The van der Waals surface area contributed by atoms with Crippen LogP contribution in [0.5, 0.6) is 0 Å². The van der Waals surface area contributed by atoms with Gasteiger partial charge in [0.05, 0.1) is 9.26 Å². The van der Waals surface area contributed by atoms with Crippen molar-refractivity contribution >= 4 is 28.4 Å². The van der Waals surface area contributed by atoms with Crippen LogP contribution in [0.3, 0.4) is 0 Å². The average Bonchev–Trinajstić information content (AvgIpc) is 2.14. The molecule has 1 N–H and O–H groups in total. The van der Waals surface area contributed by atoms with E-state index in [4.69, 9.17) is 0 Å². The van der Waals surface area contributed by atoms with E-state index >= 15 is 0 Å². The van der Waals surface area contributed by atoms with Crippen molar-refractivity contribution in [1.82, 2.24) is 9.97 Å². The van der Waals surface area contributed by atoms with E-state index in [0.717, 1.165) is 28.0 Å². The molecule has 0 radical (unpaired) electrons. The third-order valence-corrected chi connectivity index (χ3v) is 3.06. The minimum Gasteiger partial charge on any atom is -0.369 e. The first-order chi connectivity index (χ1) is 6.96. The highest BCUT2D eigenvalue weighted by molar-refractivity contribution is 14.1. The Hall–Kier alpha value is -0.390. The summed E-state index contributed by atoms with van der Waals surface area (Å²) in [5.74, 6) is 0.956. The number of nitrogens with zero attached hydrogens (tertiary/aromatic N) is 2. The van der Waals surface area contributed by atoms with Crippen molar-refractivity contribution in [3.05, 3.63) is 15.6 Å². The molecular formula is C11H18IN3. The summed E-state index contributed by atoms with van der Waals surface area (Å²) in [4.78, 5) is 8.62. The molecule has 0 aliphatic rings. The van der Waals surface area contributed by atoms with Crippen molar-refractivity contribution in [2.45, 2.75) is 39.5 Å². The molecule has 1 heterocycles. The highest BCUT2D eigenvalue weighted by Crippen LogP contribution is 2.28. The quantitative estimate of drug-likeness (QED) is 0.870. The highest BCUT2D eigenvalue weighted by atomic mass is 127. The van der Waals surface area contributed by atoms with Crippen LogP contribution in [0.25, 0.3) is 0 Å². The molecule has 0 atom stereocenters. The van der Waals surface area contributed by atoms with Crippen LogP contribution in [0.2, 0.25) is 0 Å². The van der Waals surface area contributed by atoms with Crippen LogP contribution >= 0.6 is 22.6 Å². The van der Waals surface area contributed by atoms with Gasteiger partial charge in [-0.2, -0.15) is 0 Å². The van der Waals surface area contributed by atoms with Gasteiger partial charge in [0.1, 0.15) is 12.1 Å². The summed E-state index contributed by atoms with van der Waals surface area (Å²) in [6.07, 6.45) is 2.74. The lowest BCUT2D eigenvalue weighted by molar-refractivity contribution is 0.563. The smallest absolute Gasteiger partial charge is 0.143 e. The van der Waals surface area contributed by atoms with E-state index < -0.39 is 0 Å². The van der Waals surface area contributed by atoms with Gasteiger partial charge < -0.3 is 5.32 Å². The topological polar surface area (TPSA) is 37.8 Å². The number of hydrogen-bond acceptors (Lipinski definition) is 3. The number of nitrogens with one attached hydrogen (secondary N) is 1. The molecule has 84 valence electrons. The SMILES string of the molecule is CCCNc1ncnc(C(C)(C)C)c1I. The number of halogens is 1. The van der Waals surface area contributed by atoms with Crippen LogP contribution in [0.4, 0.5) is 5.82 Å². The maximum absolute atomic E-state index is 4.36. The molecule has 0 saturated carbocycles. The first-order valence-corrected chi connectivity index (χ1v) is 6.29. The van der Waals surface area contributed by atoms with E-state index in [-0.39, 0.29) is 5.41 Å². The van der Waals surface area contributed by atoms with Crippen LogP contribution in [-0.4, -0.2) is 16.5 Å². The Morgan fingerprint density at radius 2 is 2.00 bits per heavy atom. The van der Waals surface area contributed by atoms with Crippen molar-refractivity contribution in [3.8, 4) is 0 Å². The van der Waals surface area contributed by atoms with Gasteiger partial charge in [-0.1, -0.05) is 27.7 Å². The van der Waals surface area contributed by atoms with Gasteiger partial charge in [-0.15, -0.1) is 0 Å². The fraction of sp³-hybridized carbons (Fsp3) is 0.636. The van der Waals surface area contributed by atoms with Crippen molar-refractivity contribution in [2.75, 3.05) is 11.9 Å². The lowest BCUT2D eigenvalue weighted by atomic mass is 9.92. The molecule has 0 fully saturated rings. The second-order valence-corrected chi connectivity index (χ2v) is 5.64. The van der Waals surface area contributed by atoms with Crippen LogP contribution in [0.1, 0.15) is 39.8 Å². The lowest BCUT2D eigenvalue weighted by Gasteiger charge is -2.20. The van der Waals surface area contributed by atoms with Crippen LogP contribution in [0, 0.1) is 3.57 Å². The highest BCUT2D eigenvalue weighted by Gasteiger charge is 2.20. The molecule has 1 aromatic rings. The Kier molecular flexibility index (Phi) is 4.31. The second-order valence-electron chi connectivity index (χ2n) is 4.56. The zero-order valence-electron chi connectivity index (χ0n) is 9.76. The van der Waals surface area contributed by atoms with E-state index in [2.05, 4.69) is 65.6 Å². The summed E-state index contributed by atoms with van der Waals surface area (Å²) in [7, 11) is 0. The zero-order chi connectivity index (χ0) is 11.5. The largest absolute Gasteiger partial charge is 0.369 e. The number of hydrogen-bond donors (Lipinski definition) is 1. The minimum atomic E-state index is 0.0715. The fourth-order valence-corrected chi connectivity index (χ4v) is 2.54. The summed E-state index contributed by atoms with van der Waals surface area (Å²) in [6, 6.07) is 0. The molecule has 0 unspecified atom stereocenters. The molecular weight excluding hydrogens is 301 g/mol. The Balaban J connectivity index is 3.01. The Morgan fingerprint density at radius 3 is 2.53 bits per heavy atom.